The number of nitrogens with one attached hydrogen (secondary N) is 1. The smallest absolute Gasteiger partial charge is 0.225 e. The number of anilines is 2. The van der Waals surface area contributed by atoms with Gasteiger partial charge < -0.3 is 25.3 Å². The fourth-order valence-corrected chi connectivity index (χ4v) is 3.81. The third kappa shape index (κ3) is 4.62. The molecular formula is C22H26FN5O3. The van der Waals surface area contributed by atoms with E-state index in [0.29, 0.717) is 53.9 Å². The highest BCUT2D eigenvalue weighted by molar-refractivity contribution is 5.91. The van der Waals surface area contributed by atoms with Crippen molar-refractivity contribution in [2.75, 3.05) is 58.1 Å². The predicted molar refractivity (Wildman–Crippen MR) is 117 cm³/mol. The number of hydrogen-bond donors (Lipinski definition) is 2. The summed E-state index contributed by atoms with van der Waals surface area (Å²) in [5, 5.41) is 3.96. The number of halogens is 1. The van der Waals surface area contributed by atoms with Crippen molar-refractivity contribution in [2.45, 2.75) is 6.04 Å². The summed E-state index contributed by atoms with van der Waals surface area (Å²) in [5.74, 6) is 1.59. The number of morpholine rings is 1. The van der Waals surface area contributed by atoms with Gasteiger partial charge in [0.15, 0.2) is 11.5 Å². The standard InChI is InChI=1S/C22H26FN5O3/c1-29-19-11-16-17(12-20(19)30-2)26-22(27-21(16)24)25-13-18(28-6-8-31-9-7-28)14-4-3-5-15(23)10-14/h3-5,10-12,18H,6-9,13H2,1-2H3,(H3,24,25,26,27). The van der Waals surface area contributed by atoms with E-state index in [0.717, 1.165) is 18.7 Å². The van der Waals surface area contributed by atoms with Crippen molar-refractivity contribution in [3.8, 4) is 11.5 Å². The SMILES string of the molecule is COc1cc2nc(NCC(c3cccc(F)c3)N3CCOCC3)nc(N)c2cc1OC. The molecule has 1 atom stereocenters. The maximum Gasteiger partial charge on any atom is 0.225 e. The minimum atomic E-state index is -0.261. The Morgan fingerprint density at radius 3 is 2.58 bits per heavy atom. The van der Waals surface area contributed by atoms with Gasteiger partial charge in [0.05, 0.1) is 39.0 Å². The maximum absolute atomic E-state index is 13.9. The van der Waals surface area contributed by atoms with Crippen LogP contribution in [0.1, 0.15) is 11.6 Å². The Morgan fingerprint density at radius 1 is 1.13 bits per heavy atom. The van der Waals surface area contributed by atoms with Gasteiger partial charge in [-0.05, 0) is 23.8 Å². The second-order valence-electron chi connectivity index (χ2n) is 7.26. The lowest BCUT2D eigenvalue weighted by molar-refractivity contribution is 0.0186. The molecule has 1 aromatic heterocycles. The van der Waals surface area contributed by atoms with Crippen molar-refractivity contribution in [2.24, 2.45) is 0 Å². The van der Waals surface area contributed by atoms with Gasteiger partial charge in [-0.15, -0.1) is 0 Å². The molecule has 164 valence electrons. The zero-order valence-corrected chi connectivity index (χ0v) is 17.6. The number of hydrogen-bond acceptors (Lipinski definition) is 8. The molecule has 8 nitrogen and oxygen atoms in total. The zero-order valence-electron chi connectivity index (χ0n) is 17.6. The second kappa shape index (κ2) is 9.32. The van der Waals surface area contributed by atoms with Crippen LogP contribution in [0.5, 0.6) is 11.5 Å². The molecule has 1 aliphatic rings. The van der Waals surface area contributed by atoms with Crippen LogP contribution < -0.4 is 20.5 Å². The Balaban J connectivity index is 1.61. The molecule has 31 heavy (non-hydrogen) atoms. The molecule has 0 bridgehead atoms. The molecule has 0 aliphatic carbocycles. The number of benzene rings is 2. The second-order valence-corrected chi connectivity index (χ2v) is 7.26. The Morgan fingerprint density at radius 2 is 1.87 bits per heavy atom. The first-order valence-electron chi connectivity index (χ1n) is 10.1. The summed E-state index contributed by atoms with van der Waals surface area (Å²) in [6, 6.07) is 10.1. The molecule has 4 rings (SSSR count). The number of rotatable bonds is 7. The molecule has 3 aromatic rings. The molecule has 2 aromatic carbocycles. The van der Waals surface area contributed by atoms with E-state index in [-0.39, 0.29) is 11.9 Å². The lowest BCUT2D eigenvalue weighted by Gasteiger charge is -2.35. The molecule has 0 radical (unpaired) electrons. The molecular weight excluding hydrogens is 401 g/mol. The minimum Gasteiger partial charge on any atom is -0.493 e. The van der Waals surface area contributed by atoms with Gasteiger partial charge in [-0.2, -0.15) is 4.98 Å². The van der Waals surface area contributed by atoms with E-state index in [4.69, 9.17) is 19.9 Å². The molecule has 2 heterocycles. The average molecular weight is 427 g/mol. The lowest BCUT2D eigenvalue weighted by Crippen LogP contribution is -2.41. The van der Waals surface area contributed by atoms with Crippen LogP contribution in [0.25, 0.3) is 10.9 Å². The summed E-state index contributed by atoms with van der Waals surface area (Å²) in [4.78, 5) is 11.3. The van der Waals surface area contributed by atoms with Gasteiger partial charge in [0.2, 0.25) is 5.95 Å². The Bertz CT molecular complexity index is 1060. The van der Waals surface area contributed by atoms with Gasteiger partial charge in [-0.3, -0.25) is 4.90 Å². The predicted octanol–water partition coefficient (Wildman–Crippen LogP) is 2.85. The topological polar surface area (TPSA) is 94.8 Å². The summed E-state index contributed by atoms with van der Waals surface area (Å²) in [5.41, 5.74) is 7.71. The van der Waals surface area contributed by atoms with Crippen LogP contribution in [0.2, 0.25) is 0 Å². The molecule has 9 heteroatoms. The number of nitrogens with zero attached hydrogens (tertiary/aromatic N) is 3. The Kier molecular flexibility index (Phi) is 6.34. The highest BCUT2D eigenvalue weighted by Gasteiger charge is 2.23. The molecule has 3 N–H and O–H groups in total. The highest BCUT2D eigenvalue weighted by Crippen LogP contribution is 2.34. The van der Waals surface area contributed by atoms with Crippen molar-refractivity contribution >= 4 is 22.7 Å². The fraction of sp³-hybridized carbons (Fsp3) is 0.364. The maximum atomic E-state index is 13.9. The van der Waals surface area contributed by atoms with Gasteiger partial charge in [-0.25, -0.2) is 9.37 Å². The van der Waals surface area contributed by atoms with E-state index in [9.17, 15) is 4.39 Å². The normalized spacial score (nSPS) is 15.6. The van der Waals surface area contributed by atoms with Crippen LogP contribution >= 0.6 is 0 Å². The largest absolute Gasteiger partial charge is 0.493 e. The molecule has 1 fully saturated rings. The van der Waals surface area contributed by atoms with E-state index in [1.807, 2.05) is 6.07 Å². The third-order valence-electron chi connectivity index (χ3n) is 5.40. The van der Waals surface area contributed by atoms with E-state index in [2.05, 4.69) is 20.2 Å². The Hall–Kier alpha value is -3.17. The lowest BCUT2D eigenvalue weighted by atomic mass is 10.0. The van der Waals surface area contributed by atoms with Crippen LogP contribution in [-0.4, -0.2) is 61.9 Å². The summed E-state index contributed by atoms with van der Waals surface area (Å²) >= 11 is 0. The van der Waals surface area contributed by atoms with E-state index in [1.54, 1.807) is 38.5 Å². The van der Waals surface area contributed by atoms with Crippen LogP contribution in [0.3, 0.4) is 0 Å². The van der Waals surface area contributed by atoms with Crippen LogP contribution in [0.15, 0.2) is 36.4 Å². The summed E-state index contributed by atoms with van der Waals surface area (Å²) in [7, 11) is 3.13. The van der Waals surface area contributed by atoms with E-state index in [1.165, 1.54) is 6.07 Å². The summed E-state index contributed by atoms with van der Waals surface area (Å²) in [6.07, 6.45) is 0. The first-order chi connectivity index (χ1) is 15.1. The monoisotopic (exact) mass is 427 g/mol. The molecule has 0 spiro atoms. The molecule has 0 saturated carbocycles. The highest BCUT2D eigenvalue weighted by atomic mass is 19.1. The number of methoxy groups -OCH3 is 2. The van der Waals surface area contributed by atoms with Crippen molar-refractivity contribution in [1.82, 2.24) is 14.9 Å². The molecule has 1 aliphatic heterocycles. The Labute approximate surface area is 180 Å². The van der Waals surface area contributed by atoms with Gasteiger partial charge in [0, 0.05) is 31.1 Å². The van der Waals surface area contributed by atoms with Gasteiger partial charge >= 0.3 is 0 Å². The fourth-order valence-electron chi connectivity index (χ4n) is 3.81. The minimum absolute atomic E-state index is 0.0643. The van der Waals surface area contributed by atoms with Crippen molar-refractivity contribution in [1.29, 1.82) is 0 Å². The quantitative estimate of drug-likeness (QED) is 0.594. The number of ether oxygens (including phenoxy) is 3. The van der Waals surface area contributed by atoms with Crippen LogP contribution in [0, 0.1) is 5.82 Å². The van der Waals surface area contributed by atoms with E-state index >= 15 is 0 Å². The number of aromatic nitrogens is 2. The van der Waals surface area contributed by atoms with Crippen molar-refractivity contribution in [3.63, 3.8) is 0 Å². The molecule has 0 amide bonds. The molecule has 1 saturated heterocycles. The first-order valence-corrected chi connectivity index (χ1v) is 10.1. The molecule has 1 unspecified atom stereocenters. The van der Waals surface area contributed by atoms with Gasteiger partial charge in [0.25, 0.3) is 0 Å². The van der Waals surface area contributed by atoms with Crippen LogP contribution in [0.4, 0.5) is 16.2 Å². The summed E-state index contributed by atoms with van der Waals surface area (Å²) < 4.78 is 30.1. The van der Waals surface area contributed by atoms with Crippen molar-refractivity contribution < 1.29 is 18.6 Å². The summed E-state index contributed by atoms with van der Waals surface area (Å²) in [6.45, 7) is 3.31. The zero-order chi connectivity index (χ0) is 21.8. The van der Waals surface area contributed by atoms with E-state index < -0.39 is 0 Å². The number of nitrogen functional groups attached to an aromatic ring is 1. The number of fused-ring (bicyclic) bond motifs is 1. The van der Waals surface area contributed by atoms with Gasteiger partial charge in [0.1, 0.15) is 11.6 Å². The third-order valence-corrected chi connectivity index (χ3v) is 5.40. The van der Waals surface area contributed by atoms with Crippen LogP contribution in [-0.2, 0) is 4.74 Å². The number of nitrogens with two attached hydrogens (primary N) is 1. The van der Waals surface area contributed by atoms with Crippen molar-refractivity contribution in [3.05, 3.63) is 47.8 Å². The van der Waals surface area contributed by atoms with Gasteiger partial charge in [-0.1, -0.05) is 12.1 Å². The first kappa shape index (κ1) is 21.1. The average Bonchev–Trinajstić information content (AvgIpc) is 2.79.